The van der Waals surface area contributed by atoms with E-state index in [4.69, 9.17) is 33.0 Å². The van der Waals surface area contributed by atoms with Crippen LogP contribution in [0.25, 0.3) is 5.69 Å². The Labute approximate surface area is 156 Å². The number of aromatic nitrogens is 3. The second-order valence-corrected chi connectivity index (χ2v) is 5.56. The summed E-state index contributed by atoms with van der Waals surface area (Å²) < 4.78 is 7.30. The van der Waals surface area contributed by atoms with Crippen LogP contribution in [0.15, 0.2) is 48.8 Å². The Balaban J connectivity index is 0.00000109. The first-order valence-electron chi connectivity index (χ1n) is 7.85. The zero-order chi connectivity index (χ0) is 18.2. The van der Waals surface area contributed by atoms with Crippen LogP contribution in [0, 0.1) is 0 Å². The maximum absolute atomic E-state index is 8.99. The number of benzene rings is 2. The Hall–Kier alpha value is -2.08. The molecule has 7 heteroatoms. The molecule has 0 aliphatic rings. The Kier molecular flexibility index (Phi) is 7.25. The number of hydrogen-bond acceptors (Lipinski definition) is 4. The first kappa shape index (κ1) is 19.2. The molecule has 5 nitrogen and oxygen atoms in total. The van der Waals surface area contributed by atoms with Crippen molar-refractivity contribution in [2.24, 2.45) is 0 Å². The number of ether oxygens (including phenoxy) is 1. The predicted octanol–water partition coefficient (Wildman–Crippen LogP) is 4.67. The summed E-state index contributed by atoms with van der Waals surface area (Å²) in [6.07, 6.45) is 1.55. The number of hydrogen-bond donors (Lipinski definition) is 1. The fraction of sp³-hybridized carbons (Fsp3) is 0.222. The normalized spacial score (nSPS) is 10.1. The Bertz CT molecular complexity index is 784. The molecule has 1 heterocycles. The summed E-state index contributed by atoms with van der Waals surface area (Å²) in [4.78, 5) is 3.97. The first-order valence-corrected chi connectivity index (χ1v) is 8.60. The number of aliphatic hydroxyl groups excluding tert-OH is 1. The van der Waals surface area contributed by atoms with Gasteiger partial charge in [-0.2, -0.15) is 0 Å². The van der Waals surface area contributed by atoms with Gasteiger partial charge in [0.15, 0.2) is 5.82 Å². The minimum Gasteiger partial charge on any atom is -0.489 e. The van der Waals surface area contributed by atoms with Gasteiger partial charge in [-0.25, -0.2) is 9.67 Å². The lowest BCUT2D eigenvalue weighted by atomic mass is 10.2. The molecule has 0 saturated carbocycles. The van der Waals surface area contributed by atoms with Gasteiger partial charge < -0.3 is 9.84 Å². The van der Waals surface area contributed by atoms with Crippen LogP contribution in [0.5, 0.6) is 5.75 Å². The highest BCUT2D eigenvalue weighted by Gasteiger charge is 2.07. The highest BCUT2D eigenvalue weighted by molar-refractivity contribution is 6.35. The largest absolute Gasteiger partial charge is 0.489 e. The van der Waals surface area contributed by atoms with Crippen molar-refractivity contribution in [2.75, 3.05) is 0 Å². The second kappa shape index (κ2) is 9.42. The van der Waals surface area contributed by atoms with Crippen LogP contribution in [-0.4, -0.2) is 19.9 Å². The highest BCUT2D eigenvalue weighted by atomic mass is 35.5. The van der Waals surface area contributed by atoms with Crippen LogP contribution in [0.3, 0.4) is 0 Å². The molecule has 0 aliphatic heterocycles. The fourth-order valence-electron chi connectivity index (χ4n) is 2.02. The molecule has 0 unspecified atom stereocenters. The van der Waals surface area contributed by atoms with Crippen molar-refractivity contribution < 1.29 is 9.84 Å². The van der Waals surface area contributed by atoms with E-state index < -0.39 is 0 Å². The number of aliphatic hydroxyl groups is 1. The van der Waals surface area contributed by atoms with Crippen molar-refractivity contribution in [3.8, 4) is 11.4 Å². The minimum absolute atomic E-state index is 0.188. The van der Waals surface area contributed by atoms with Crippen LogP contribution >= 0.6 is 23.2 Å². The molecule has 132 valence electrons. The third-order valence-electron chi connectivity index (χ3n) is 3.23. The van der Waals surface area contributed by atoms with Gasteiger partial charge in [-0.15, -0.1) is 5.10 Å². The maximum Gasteiger partial charge on any atom is 0.176 e. The summed E-state index contributed by atoms with van der Waals surface area (Å²) in [5, 5.41) is 14.3. The monoisotopic (exact) mass is 379 g/mol. The molecule has 0 fully saturated rings. The zero-order valence-electron chi connectivity index (χ0n) is 14.0. The van der Waals surface area contributed by atoms with Crippen molar-refractivity contribution in [3.05, 3.63) is 70.2 Å². The molecule has 0 aliphatic carbocycles. The minimum atomic E-state index is -0.188. The molecule has 0 bridgehead atoms. The average Bonchev–Trinajstić information content (AvgIpc) is 3.13. The molecule has 0 saturated heterocycles. The SMILES string of the molecule is CC.OCc1ncn(-c2ccc(OCc3c(Cl)cccc3Cl)cc2)n1. The summed E-state index contributed by atoms with van der Waals surface area (Å²) in [7, 11) is 0. The first-order chi connectivity index (χ1) is 12.2. The molecule has 1 aromatic heterocycles. The topological polar surface area (TPSA) is 60.2 Å². The molecular formula is C18H19Cl2N3O2. The summed E-state index contributed by atoms with van der Waals surface area (Å²) >= 11 is 12.2. The fourth-order valence-corrected chi connectivity index (χ4v) is 2.52. The zero-order valence-corrected chi connectivity index (χ0v) is 15.5. The molecule has 0 atom stereocenters. The van der Waals surface area contributed by atoms with E-state index >= 15 is 0 Å². The van der Waals surface area contributed by atoms with Crippen LogP contribution in [0.1, 0.15) is 25.2 Å². The number of rotatable bonds is 5. The quantitative estimate of drug-likeness (QED) is 0.699. The second-order valence-electron chi connectivity index (χ2n) is 4.75. The van der Waals surface area contributed by atoms with E-state index in [0.717, 1.165) is 11.3 Å². The molecule has 3 aromatic rings. The molecule has 0 amide bonds. The van der Waals surface area contributed by atoms with Gasteiger partial charge in [0.25, 0.3) is 0 Å². The summed E-state index contributed by atoms with van der Waals surface area (Å²) in [6, 6.07) is 12.7. The van der Waals surface area contributed by atoms with E-state index in [1.807, 2.05) is 38.1 Å². The predicted molar refractivity (Wildman–Crippen MR) is 99.4 cm³/mol. The third-order valence-corrected chi connectivity index (χ3v) is 3.94. The van der Waals surface area contributed by atoms with E-state index in [0.29, 0.717) is 21.6 Å². The summed E-state index contributed by atoms with van der Waals surface area (Å²) in [5.41, 5.74) is 1.57. The van der Waals surface area contributed by atoms with Crippen LogP contribution in [0.4, 0.5) is 0 Å². The average molecular weight is 380 g/mol. The van der Waals surface area contributed by atoms with Crippen LogP contribution in [0.2, 0.25) is 10.0 Å². The van der Waals surface area contributed by atoms with Crippen LogP contribution in [-0.2, 0) is 13.2 Å². The maximum atomic E-state index is 8.99. The van der Waals surface area contributed by atoms with Gasteiger partial charge in [0.05, 0.1) is 5.69 Å². The molecule has 1 N–H and O–H groups in total. The van der Waals surface area contributed by atoms with Gasteiger partial charge in [0.2, 0.25) is 0 Å². The summed E-state index contributed by atoms with van der Waals surface area (Å²) in [5.74, 6) is 1.06. The molecule has 25 heavy (non-hydrogen) atoms. The molecule has 3 rings (SSSR count). The lowest BCUT2D eigenvalue weighted by Crippen LogP contribution is -1.99. The standard InChI is InChI=1S/C16H13Cl2N3O2.C2H6/c17-14-2-1-3-15(18)13(14)9-23-12-6-4-11(5-7-12)21-10-19-16(8-22)20-21;1-2/h1-7,10,22H,8-9H2;1-2H3. The van der Waals surface area contributed by atoms with Crippen molar-refractivity contribution in [2.45, 2.75) is 27.1 Å². The van der Waals surface area contributed by atoms with E-state index in [1.165, 1.54) is 0 Å². The molecule has 2 aromatic carbocycles. The highest BCUT2D eigenvalue weighted by Crippen LogP contribution is 2.26. The van der Waals surface area contributed by atoms with Gasteiger partial charge in [-0.05, 0) is 36.4 Å². The van der Waals surface area contributed by atoms with E-state index in [1.54, 1.807) is 29.2 Å². The van der Waals surface area contributed by atoms with Crippen molar-refractivity contribution in [1.82, 2.24) is 14.8 Å². The van der Waals surface area contributed by atoms with Crippen LogP contribution < -0.4 is 4.74 Å². The lowest BCUT2D eigenvalue weighted by molar-refractivity contribution is 0.271. The number of nitrogens with zero attached hydrogens (tertiary/aromatic N) is 3. The summed E-state index contributed by atoms with van der Waals surface area (Å²) in [6.45, 7) is 4.10. The van der Waals surface area contributed by atoms with Crippen molar-refractivity contribution in [3.63, 3.8) is 0 Å². The molecular weight excluding hydrogens is 361 g/mol. The van der Waals surface area contributed by atoms with Gasteiger partial charge in [0, 0.05) is 15.6 Å². The van der Waals surface area contributed by atoms with E-state index in [2.05, 4.69) is 10.1 Å². The van der Waals surface area contributed by atoms with E-state index in [9.17, 15) is 0 Å². The third kappa shape index (κ3) is 4.95. The Morgan fingerprint density at radius 3 is 2.24 bits per heavy atom. The van der Waals surface area contributed by atoms with Crippen molar-refractivity contribution >= 4 is 23.2 Å². The van der Waals surface area contributed by atoms with Gasteiger partial charge in [-0.1, -0.05) is 43.1 Å². The Morgan fingerprint density at radius 1 is 1.04 bits per heavy atom. The lowest BCUT2D eigenvalue weighted by Gasteiger charge is -2.10. The number of halogens is 2. The van der Waals surface area contributed by atoms with Gasteiger partial charge in [0.1, 0.15) is 25.3 Å². The van der Waals surface area contributed by atoms with Gasteiger partial charge >= 0.3 is 0 Å². The smallest absolute Gasteiger partial charge is 0.176 e. The molecule has 0 spiro atoms. The van der Waals surface area contributed by atoms with E-state index in [-0.39, 0.29) is 13.2 Å². The Morgan fingerprint density at radius 2 is 1.68 bits per heavy atom. The molecule has 0 radical (unpaired) electrons. The van der Waals surface area contributed by atoms with Crippen molar-refractivity contribution in [1.29, 1.82) is 0 Å². The van der Waals surface area contributed by atoms with Gasteiger partial charge in [-0.3, -0.25) is 0 Å².